The maximum atomic E-state index is 14.8. The highest BCUT2D eigenvalue weighted by molar-refractivity contribution is 5.86. The summed E-state index contributed by atoms with van der Waals surface area (Å²) in [5.74, 6) is -1.38. The Balaban J connectivity index is 1.58. The Hall–Kier alpha value is -3.46. The third-order valence-corrected chi connectivity index (χ3v) is 6.56. The van der Waals surface area contributed by atoms with Crippen LogP contribution in [0.2, 0.25) is 0 Å². The fraction of sp³-hybridized carbons (Fsp3) is 0.320. The molecule has 2 aliphatic rings. The number of nitriles is 1. The summed E-state index contributed by atoms with van der Waals surface area (Å²) in [5.41, 5.74) is 3.94. The number of ether oxygens (including phenoxy) is 1. The molecule has 2 heterocycles. The van der Waals surface area contributed by atoms with Crippen LogP contribution in [0.1, 0.15) is 60.6 Å². The van der Waals surface area contributed by atoms with Crippen LogP contribution in [0.25, 0.3) is 11.3 Å². The molecule has 1 saturated carbocycles. The van der Waals surface area contributed by atoms with E-state index in [1.54, 1.807) is 18.2 Å². The maximum absolute atomic E-state index is 14.8. The Morgan fingerprint density at radius 1 is 1.06 bits per heavy atom. The number of halogens is 1. The average molecular weight is 414 g/mol. The molecule has 5 nitrogen and oxygen atoms in total. The molecule has 1 fully saturated rings. The summed E-state index contributed by atoms with van der Waals surface area (Å²) < 4.78 is 20.3. The maximum Gasteiger partial charge on any atom is 0.244 e. The van der Waals surface area contributed by atoms with Gasteiger partial charge in [-0.15, -0.1) is 5.10 Å². The number of nitrogens with one attached hydrogen (secondary N) is 2. The van der Waals surface area contributed by atoms with Crippen molar-refractivity contribution in [1.82, 2.24) is 10.2 Å². The molecule has 2 atom stereocenters. The van der Waals surface area contributed by atoms with Gasteiger partial charge in [-0.2, -0.15) is 5.26 Å². The Bertz CT molecular complexity index is 1160. The van der Waals surface area contributed by atoms with Gasteiger partial charge in [0.2, 0.25) is 11.8 Å². The van der Waals surface area contributed by atoms with Crippen molar-refractivity contribution >= 4 is 5.90 Å². The first-order chi connectivity index (χ1) is 15.2. The fourth-order valence-corrected chi connectivity index (χ4v) is 4.96. The van der Waals surface area contributed by atoms with Crippen LogP contribution >= 0.6 is 0 Å². The van der Waals surface area contributed by atoms with Gasteiger partial charge in [0.05, 0.1) is 17.3 Å². The van der Waals surface area contributed by atoms with Gasteiger partial charge in [-0.1, -0.05) is 61.7 Å². The first-order valence-corrected chi connectivity index (χ1v) is 10.8. The summed E-state index contributed by atoms with van der Waals surface area (Å²) in [6.07, 6.45) is 6.34. The van der Waals surface area contributed by atoms with Crippen LogP contribution < -0.4 is 4.74 Å². The van der Waals surface area contributed by atoms with E-state index in [1.165, 1.54) is 43.7 Å². The van der Waals surface area contributed by atoms with E-state index >= 15 is 0 Å². The molecule has 6 heteroatoms. The summed E-state index contributed by atoms with van der Waals surface area (Å²) in [5, 5.41) is 25.2. The van der Waals surface area contributed by atoms with Crippen LogP contribution in [0.3, 0.4) is 0 Å². The van der Waals surface area contributed by atoms with E-state index in [0.717, 1.165) is 5.56 Å². The zero-order valence-corrected chi connectivity index (χ0v) is 17.1. The Morgan fingerprint density at radius 3 is 2.52 bits per heavy atom. The third kappa shape index (κ3) is 3.40. The van der Waals surface area contributed by atoms with Crippen LogP contribution in [0, 0.1) is 28.5 Å². The second-order valence-corrected chi connectivity index (χ2v) is 8.35. The summed E-state index contributed by atoms with van der Waals surface area (Å²) in [7, 11) is 0. The fourth-order valence-electron chi connectivity index (χ4n) is 4.96. The molecule has 2 aromatic carbocycles. The molecule has 31 heavy (non-hydrogen) atoms. The molecule has 1 aliphatic carbocycles. The largest absolute Gasteiger partial charge is 0.422 e. The van der Waals surface area contributed by atoms with E-state index < -0.39 is 17.7 Å². The van der Waals surface area contributed by atoms with Gasteiger partial charge in [0.15, 0.2) is 0 Å². The second-order valence-electron chi connectivity index (χ2n) is 8.35. The van der Waals surface area contributed by atoms with Crippen LogP contribution in [0.4, 0.5) is 4.39 Å². The number of nitrogens with zero attached hydrogens (tertiary/aromatic N) is 2. The van der Waals surface area contributed by atoms with E-state index in [1.807, 2.05) is 0 Å². The number of hydrogen-bond donors (Lipinski definition) is 2. The summed E-state index contributed by atoms with van der Waals surface area (Å²) >= 11 is 0. The molecule has 5 rings (SSSR count). The van der Waals surface area contributed by atoms with E-state index in [4.69, 9.17) is 10.1 Å². The van der Waals surface area contributed by atoms with Gasteiger partial charge in [0, 0.05) is 5.92 Å². The smallest absolute Gasteiger partial charge is 0.244 e. The standard InChI is InChI=1S/C25H23FN4O/c26-20-9-5-4-8-18(20)21-19(14-27)24(28)31-25-22(21)23(29-30-25)17-12-10-16(11-13-17)15-6-2-1-3-7-15/h4-5,8-13,15,19,21,28H,1-3,6-7H2,(H,29,30). The third-order valence-electron chi connectivity index (χ3n) is 6.56. The minimum absolute atomic E-state index is 0.214. The van der Waals surface area contributed by atoms with Crippen LogP contribution in [-0.2, 0) is 0 Å². The van der Waals surface area contributed by atoms with Crippen molar-refractivity contribution in [2.75, 3.05) is 0 Å². The molecular formula is C25H23FN4O. The molecule has 0 amide bonds. The SMILES string of the molecule is N#CC1C(=N)Oc2n[nH]c(-c3ccc(C4CCCCC4)cc3)c2C1c1ccccc1F. The van der Waals surface area contributed by atoms with Gasteiger partial charge in [-0.3, -0.25) is 10.5 Å². The predicted octanol–water partition coefficient (Wildman–Crippen LogP) is 5.90. The van der Waals surface area contributed by atoms with Crippen molar-refractivity contribution in [2.45, 2.75) is 43.9 Å². The first-order valence-electron chi connectivity index (χ1n) is 10.8. The lowest BCUT2D eigenvalue weighted by atomic mass is 9.78. The van der Waals surface area contributed by atoms with Crippen molar-refractivity contribution < 1.29 is 9.13 Å². The lowest BCUT2D eigenvalue weighted by Crippen LogP contribution is -2.31. The highest BCUT2D eigenvalue weighted by Gasteiger charge is 2.41. The lowest BCUT2D eigenvalue weighted by Gasteiger charge is -2.28. The minimum Gasteiger partial charge on any atom is -0.422 e. The van der Waals surface area contributed by atoms with Crippen molar-refractivity contribution in [2.24, 2.45) is 5.92 Å². The van der Waals surface area contributed by atoms with Crippen LogP contribution in [-0.4, -0.2) is 16.1 Å². The van der Waals surface area contributed by atoms with Gasteiger partial charge >= 0.3 is 0 Å². The van der Waals surface area contributed by atoms with Gasteiger partial charge in [0.25, 0.3) is 0 Å². The van der Waals surface area contributed by atoms with Crippen molar-refractivity contribution in [3.8, 4) is 23.2 Å². The van der Waals surface area contributed by atoms with E-state index in [2.05, 4.69) is 40.5 Å². The summed E-state index contributed by atoms with van der Waals surface area (Å²) in [6, 6.07) is 16.9. The molecule has 0 saturated heterocycles. The van der Waals surface area contributed by atoms with Crippen molar-refractivity contribution in [1.29, 1.82) is 10.7 Å². The number of aromatic amines is 1. The first kappa shape index (κ1) is 19.5. The van der Waals surface area contributed by atoms with E-state index in [0.29, 0.717) is 22.7 Å². The summed E-state index contributed by atoms with van der Waals surface area (Å²) in [4.78, 5) is 0. The monoisotopic (exact) mass is 414 g/mol. The average Bonchev–Trinajstić information content (AvgIpc) is 3.23. The number of hydrogen-bond acceptors (Lipinski definition) is 4. The summed E-state index contributed by atoms with van der Waals surface area (Å²) in [6.45, 7) is 0. The lowest BCUT2D eigenvalue weighted by molar-refractivity contribution is 0.432. The topological polar surface area (TPSA) is 85.6 Å². The highest BCUT2D eigenvalue weighted by Crippen LogP contribution is 2.46. The molecule has 0 bridgehead atoms. The quantitative estimate of drug-likeness (QED) is 0.559. The molecule has 156 valence electrons. The molecule has 0 spiro atoms. The van der Waals surface area contributed by atoms with Crippen LogP contribution in [0.5, 0.6) is 5.88 Å². The molecule has 3 aromatic rings. The van der Waals surface area contributed by atoms with Gasteiger partial charge in [-0.25, -0.2) is 4.39 Å². The highest BCUT2D eigenvalue weighted by atomic mass is 19.1. The van der Waals surface area contributed by atoms with E-state index in [-0.39, 0.29) is 11.8 Å². The van der Waals surface area contributed by atoms with Crippen LogP contribution in [0.15, 0.2) is 48.5 Å². The molecular weight excluding hydrogens is 391 g/mol. The van der Waals surface area contributed by atoms with Crippen molar-refractivity contribution in [3.63, 3.8) is 0 Å². The number of aromatic nitrogens is 2. The molecule has 0 radical (unpaired) electrons. The zero-order valence-electron chi connectivity index (χ0n) is 17.1. The van der Waals surface area contributed by atoms with E-state index in [9.17, 15) is 9.65 Å². The zero-order chi connectivity index (χ0) is 21.4. The number of rotatable bonds is 3. The molecule has 2 unspecified atom stereocenters. The molecule has 1 aromatic heterocycles. The molecule has 2 N–H and O–H groups in total. The van der Waals surface area contributed by atoms with Gasteiger partial charge in [0.1, 0.15) is 11.7 Å². The van der Waals surface area contributed by atoms with Gasteiger partial charge in [-0.05, 0) is 41.5 Å². The molecule has 1 aliphatic heterocycles. The van der Waals surface area contributed by atoms with Gasteiger partial charge < -0.3 is 4.74 Å². The number of H-pyrrole nitrogens is 1. The Morgan fingerprint density at radius 2 is 1.81 bits per heavy atom. The number of benzene rings is 2. The minimum atomic E-state index is -0.928. The Labute approximate surface area is 180 Å². The number of fused-ring (bicyclic) bond motifs is 1. The normalized spacial score (nSPS) is 21.2. The second kappa shape index (κ2) is 7.99. The Kier molecular flexibility index (Phi) is 5.03. The predicted molar refractivity (Wildman–Crippen MR) is 116 cm³/mol. The van der Waals surface area contributed by atoms with Crippen molar-refractivity contribution in [3.05, 3.63) is 71.0 Å².